The molecule has 1 atom stereocenters. The van der Waals surface area contributed by atoms with Crippen LogP contribution in [0.25, 0.3) is 0 Å². The van der Waals surface area contributed by atoms with Gasteiger partial charge in [-0.25, -0.2) is 0 Å². The van der Waals surface area contributed by atoms with Crippen LogP contribution < -0.4 is 0 Å². The average molecular weight is 364 g/mol. The molecule has 146 valence electrons. The Kier molecular flexibility index (Phi) is 8.51. The molecule has 1 saturated heterocycles. The van der Waals surface area contributed by atoms with Gasteiger partial charge in [0.2, 0.25) is 0 Å². The minimum Gasteiger partial charge on any atom is -0.480 e. The molecular weight excluding hydrogens is 330 g/mol. The van der Waals surface area contributed by atoms with E-state index in [1.54, 1.807) is 0 Å². The second-order valence-corrected chi connectivity index (χ2v) is 7.39. The maximum absolute atomic E-state index is 11.4. The van der Waals surface area contributed by atoms with Crippen LogP contribution in [-0.4, -0.2) is 96.4 Å². The second-order valence-electron chi connectivity index (χ2n) is 7.39. The van der Waals surface area contributed by atoms with Crippen molar-refractivity contribution in [2.75, 3.05) is 59.5 Å². The van der Waals surface area contributed by atoms with Gasteiger partial charge in [-0.3, -0.25) is 9.69 Å². The van der Waals surface area contributed by atoms with Gasteiger partial charge in [-0.2, -0.15) is 0 Å². The van der Waals surface area contributed by atoms with Crippen LogP contribution in [0.2, 0.25) is 0 Å². The Morgan fingerprint density at radius 1 is 1.15 bits per heavy atom. The molecule has 1 aromatic rings. The highest BCUT2D eigenvalue weighted by Crippen LogP contribution is 2.13. The third kappa shape index (κ3) is 7.03. The van der Waals surface area contributed by atoms with Gasteiger partial charge in [-0.05, 0) is 32.4 Å². The molecular formula is C20H33N3O3. The lowest BCUT2D eigenvalue weighted by molar-refractivity contribution is -0.139. The monoisotopic (exact) mass is 363 g/mol. The molecule has 6 heteroatoms. The molecule has 0 aromatic heterocycles. The molecule has 0 saturated carbocycles. The summed E-state index contributed by atoms with van der Waals surface area (Å²) in [6.45, 7) is 7.54. The van der Waals surface area contributed by atoms with Crippen LogP contribution in [0.15, 0.2) is 24.3 Å². The van der Waals surface area contributed by atoms with Gasteiger partial charge in [0.1, 0.15) is 0 Å². The zero-order valence-corrected chi connectivity index (χ0v) is 16.1. The van der Waals surface area contributed by atoms with Crippen LogP contribution in [0, 0.1) is 6.92 Å². The molecule has 1 aromatic carbocycles. The molecule has 26 heavy (non-hydrogen) atoms. The molecule has 1 aliphatic heterocycles. The van der Waals surface area contributed by atoms with Crippen molar-refractivity contribution in [2.45, 2.75) is 25.8 Å². The average Bonchev–Trinajstić information content (AvgIpc) is 2.66. The molecule has 0 spiro atoms. The number of carbonyl (C=O) groups is 1. The largest absolute Gasteiger partial charge is 0.480 e. The lowest BCUT2D eigenvalue weighted by Gasteiger charge is -2.32. The minimum atomic E-state index is -0.775. The van der Waals surface area contributed by atoms with Crippen molar-refractivity contribution in [1.82, 2.24) is 14.7 Å². The molecule has 0 radical (unpaired) electrons. The summed E-state index contributed by atoms with van der Waals surface area (Å²) in [6, 6.07) is 8.71. The summed E-state index contributed by atoms with van der Waals surface area (Å²) in [5.74, 6) is -0.775. The third-order valence-electron chi connectivity index (χ3n) is 5.10. The molecule has 6 nitrogen and oxygen atoms in total. The van der Waals surface area contributed by atoms with E-state index in [0.29, 0.717) is 0 Å². The van der Waals surface area contributed by atoms with Crippen molar-refractivity contribution >= 4 is 5.97 Å². The number of carboxylic acids is 1. The lowest BCUT2D eigenvalue weighted by Crippen LogP contribution is -2.47. The van der Waals surface area contributed by atoms with Crippen molar-refractivity contribution in [3.05, 3.63) is 35.4 Å². The van der Waals surface area contributed by atoms with Crippen molar-refractivity contribution < 1.29 is 15.0 Å². The first-order valence-electron chi connectivity index (χ1n) is 9.51. The molecule has 2 N–H and O–H groups in total. The number of likely N-dealkylation sites (N-methyl/N-ethyl adjacent to an activating group) is 1. The SMILES string of the molecule is Cc1ccc(CC2CN(C)CCN(CCCO)CCN2CC(=O)O)cc1. The minimum absolute atomic E-state index is 0.0677. The predicted molar refractivity (Wildman–Crippen MR) is 104 cm³/mol. The van der Waals surface area contributed by atoms with Gasteiger partial charge in [-0.1, -0.05) is 29.8 Å². The van der Waals surface area contributed by atoms with E-state index in [9.17, 15) is 9.90 Å². The van der Waals surface area contributed by atoms with E-state index in [-0.39, 0.29) is 19.2 Å². The Labute approximate surface area is 157 Å². The van der Waals surface area contributed by atoms with Crippen molar-refractivity contribution in [3.63, 3.8) is 0 Å². The first-order valence-corrected chi connectivity index (χ1v) is 9.51. The lowest BCUT2D eigenvalue weighted by atomic mass is 10.0. The van der Waals surface area contributed by atoms with Crippen molar-refractivity contribution in [2.24, 2.45) is 0 Å². The Morgan fingerprint density at radius 2 is 1.85 bits per heavy atom. The Morgan fingerprint density at radius 3 is 2.50 bits per heavy atom. The molecule has 0 aliphatic carbocycles. The molecule has 1 heterocycles. The Hall–Kier alpha value is -1.47. The summed E-state index contributed by atoms with van der Waals surface area (Å²) in [4.78, 5) is 18.2. The molecule has 1 fully saturated rings. The number of aliphatic carboxylic acids is 1. The Bertz CT molecular complexity index is 550. The standard InChI is InChI=1S/C20H33N3O3/c1-17-4-6-18(7-5-17)14-19-15-21(2)9-10-22(8-3-13-24)11-12-23(19)16-20(25)26/h4-7,19,24H,3,8-16H2,1-2H3,(H,25,26). The van der Waals surface area contributed by atoms with Gasteiger partial charge in [0.05, 0.1) is 6.54 Å². The summed E-state index contributed by atoms with van der Waals surface area (Å²) in [5, 5.41) is 18.5. The predicted octanol–water partition coefficient (Wildman–Crippen LogP) is 0.923. The molecule has 2 rings (SSSR count). The zero-order valence-electron chi connectivity index (χ0n) is 16.1. The van der Waals surface area contributed by atoms with E-state index in [1.165, 1.54) is 11.1 Å². The van der Waals surface area contributed by atoms with Gasteiger partial charge in [0, 0.05) is 51.9 Å². The van der Waals surface area contributed by atoms with E-state index in [0.717, 1.165) is 52.1 Å². The third-order valence-corrected chi connectivity index (χ3v) is 5.10. The molecule has 1 aliphatic rings. The van der Waals surface area contributed by atoms with E-state index < -0.39 is 5.97 Å². The van der Waals surface area contributed by atoms with Gasteiger partial charge in [0.15, 0.2) is 0 Å². The van der Waals surface area contributed by atoms with Crippen molar-refractivity contribution in [1.29, 1.82) is 0 Å². The first-order chi connectivity index (χ1) is 12.5. The van der Waals surface area contributed by atoms with Crippen LogP contribution in [0.3, 0.4) is 0 Å². The number of hydrogen-bond donors (Lipinski definition) is 2. The Balaban J connectivity index is 2.12. The first kappa shape index (κ1) is 20.8. The normalized spacial score (nSPS) is 21.1. The van der Waals surface area contributed by atoms with E-state index >= 15 is 0 Å². The van der Waals surface area contributed by atoms with Crippen LogP contribution in [0.5, 0.6) is 0 Å². The van der Waals surface area contributed by atoms with Crippen LogP contribution in [0.1, 0.15) is 17.5 Å². The summed E-state index contributed by atoms with van der Waals surface area (Å²) in [5.41, 5.74) is 2.49. The second kappa shape index (κ2) is 10.6. The number of aryl methyl sites for hydroxylation is 1. The fourth-order valence-electron chi connectivity index (χ4n) is 3.53. The summed E-state index contributed by atoms with van der Waals surface area (Å²) in [6.07, 6.45) is 1.62. The number of benzene rings is 1. The fourth-order valence-corrected chi connectivity index (χ4v) is 3.53. The highest BCUT2D eigenvalue weighted by atomic mass is 16.4. The molecule has 1 unspecified atom stereocenters. The number of hydrogen-bond acceptors (Lipinski definition) is 5. The van der Waals surface area contributed by atoms with Gasteiger partial charge in [0.25, 0.3) is 0 Å². The van der Waals surface area contributed by atoms with Crippen LogP contribution in [-0.2, 0) is 11.2 Å². The quantitative estimate of drug-likeness (QED) is 0.751. The van der Waals surface area contributed by atoms with E-state index in [1.807, 2.05) is 0 Å². The zero-order chi connectivity index (χ0) is 18.9. The number of carboxylic acid groups (broad SMARTS) is 1. The van der Waals surface area contributed by atoms with Gasteiger partial charge >= 0.3 is 5.97 Å². The number of rotatable bonds is 7. The maximum atomic E-state index is 11.4. The summed E-state index contributed by atoms with van der Waals surface area (Å²) >= 11 is 0. The number of aliphatic hydroxyl groups excluding tert-OH is 1. The molecule has 0 bridgehead atoms. The highest BCUT2D eigenvalue weighted by molar-refractivity contribution is 5.69. The van der Waals surface area contributed by atoms with E-state index in [2.05, 4.69) is 52.9 Å². The smallest absolute Gasteiger partial charge is 0.317 e. The fraction of sp³-hybridized carbons (Fsp3) is 0.650. The van der Waals surface area contributed by atoms with Crippen molar-refractivity contribution in [3.8, 4) is 0 Å². The van der Waals surface area contributed by atoms with Gasteiger partial charge < -0.3 is 20.0 Å². The number of aliphatic hydroxyl groups is 1. The molecule has 0 amide bonds. The highest BCUT2D eigenvalue weighted by Gasteiger charge is 2.25. The van der Waals surface area contributed by atoms with E-state index in [4.69, 9.17) is 5.11 Å². The topological polar surface area (TPSA) is 67.2 Å². The number of nitrogens with zero attached hydrogens (tertiary/aromatic N) is 3. The van der Waals surface area contributed by atoms with Crippen LogP contribution >= 0.6 is 0 Å². The summed E-state index contributed by atoms with van der Waals surface area (Å²) in [7, 11) is 2.11. The van der Waals surface area contributed by atoms with Crippen LogP contribution in [0.4, 0.5) is 0 Å². The summed E-state index contributed by atoms with van der Waals surface area (Å²) < 4.78 is 0. The maximum Gasteiger partial charge on any atom is 0.317 e. The van der Waals surface area contributed by atoms with Gasteiger partial charge in [-0.15, -0.1) is 0 Å².